The zero-order chi connectivity index (χ0) is 14.6. The lowest BCUT2D eigenvalue weighted by atomic mass is 10.2. The summed E-state index contributed by atoms with van der Waals surface area (Å²) in [6.07, 6.45) is 1.26. The summed E-state index contributed by atoms with van der Waals surface area (Å²) in [5.74, 6) is -0.619. The van der Waals surface area contributed by atoms with Crippen molar-refractivity contribution in [3.05, 3.63) is 47.8 Å². The summed E-state index contributed by atoms with van der Waals surface area (Å²) in [6, 6.07) is 8.77. The second-order valence-corrected chi connectivity index (χ2v) is 5.81. The van der Waals surface area contributed by atoms with Gasteiger partial charge in [-0.3, -0.25) is 14.6 Å². The van der Waals surface area contributed by atoms with Crippen LogP contribution in [0.15, 0.2) is 36.5 Å². The number of carbonyl (C=O) groups is 1. The van der Waals surface area contributed by atoms with E-state index in [-0.39, 0.29) is 17.1 Å². The molecule has 3 N–H and O–H groups in total. The molecule has 2 aromatic rings. The molecule has 1 aromatic heterocycles. The SMILES string of the molecule is CNC(=O)c1[nH]ncc1NS(=O)(=O)Cc1ccccc1. The van der Waals surface area contributed by atoms with Crippen molar-refractivity contribution in [3.8, 4) is 0 Å². The maximum atomic E-state index is 12.0. The number of nitrogens with one attached hydrogen (secondary N) is 3. The molecule has 0 unspecified atom stereocenters. The van der Waals surface area contributed by atoms with Gasteiger partial charge < -0.3 is 5.32 Å². The lowest BCUT2D eigenvalue weighted by Gasteiger charge is -2.07. The Morgan fingerprint density at radius 2 is 2.00 bits per heavy atom. The summed E-state index contributed by atoms with van der Waals surface area (Å²) in [5, 5.41) is 8.52. The van der Waals surface area contributed by atoms with Crippen LogP contribution in [-0.4, -0.2) is 31.6 Å². The molecule has 0 radical (unpaired) electrons. The molecule has 8 heteroatoms. The van der Waals surface area contributed by atoms with Gasteiger partial charge in [0, 0.05) is 7.05 Å². The van der Waals surface area contributed by atoms with Crippen LogP contribution < -0.4 is 10.0 Å². The van der Waals surface area contributed by atoms with Crippen molar-refractivity contribution in [2.24, 2.45) is 0 Å². The number of rotatable bonds is 5. The monoisotopic (exact) mass is 294 g/mol. The number of sulfonamides is 1. The second kappa shape index (κ2) is 5.74. The number of nitrogens with zero attached hydrogens (tertiary/aromatic N) is 1. The molecule has 1 heterocycles. The molecule has 0 fully saturated rings. The Balaban J connectivity index is 2.17. The molecule has 7 nitrogen and oxygen atoms in total. The first-order chi connectivity index (χ1) is 9.52. The highest BCUT2D eigenvalue weighted by molar-refractivity contribution is 7.91. The molecule has 0 bridgehead atoms. The molecular formula is C12H14N4O3S. The van der Waals surface area contributed by atoms with Crippen molar-refractivity contribution in [3.63, 3.8) is 0 Å². The molecule has 0 aliphatic rings. The van der Waals surface area contributed by atoms with E-state index in [2.05, 4.69) is 20.2 Å². The van der Waals surface area contributed by atoms with Crippen LogP contribution >= 0.6 is 0 Å². The smallest absolute Gasteiger partial charge is 0.271 e. The van der Waals surface area contributed by atoms with Gasteiger partial charge in [-0.25, -0.2) is 8.42 Å². The summed E-state index contributed by atoms with van der Waals surface area (Å²) < 4.78 is 26.4. The predicted molar refractivity (Wildman–Crippen MR) is 74.7 cm³/mol. The van der Waals surface area contributed by atoms with E-state index in [4.69, 9.17) is 0 Å². The largest absolute Gasteiger partial charge is 0.354 e. The van der Waals surface area contributed by atoms with E-state index in [1.165, 1.54) is 13.2 Å². The third-order valence-corrected chi connectivity index (χ3v) is 3.80. The highest BCUT2D eigenvalue weighted by atomic mass is 32.2. The topological polar surface area (TPSA) is 104 Å². The number of aromatic amines is 1. The van der Waals surface area contributed by atoms with E-state index in [1.54, 1.807) is 24.3 Å². The first kappa shape index (κ1) is 14.1. The number of aromatic nitrogens is 2. The van der Waals surface area contributed by atoms with Gasteiger partial charge in [-0.15, -0.1) is 0 Å². The van der Waals surface area contributed by atoms with Gasteiger partial charge in [0.25, 0.3) is 5.91 Å². The first-order valence-corrected chi connectivity index (χ1v) is 7.47. The Labute approximate surface area is 116 Å². The minimum absolute atomic E-state index is 0.0733. The quantitative estimate of drug-likeness (QED) is 0.755. The zero-order valence-corrected chi connectivity index (χ0v) is 11.6. The summed E-state index contributed by atoms with van der Waals surface area (Å²) in [6.45, 7) is 0. The van der Waals surface area contributed by atoms with Crippen LogP contribution in [0.4, 0.5) is 5.69 Å². The lowest BCUT2D eigenvalue weighted by Crippen LogP contribution is -2.22. The van der Waals surface area contributed by atoms with Crippen LogP contribution in [-0.2, 0) is 15.8 Å². The molecule has 106 valence electrons. The molecule has 2 rings (SSSR count). The summed E-state index contributed by atoms with van der Waals surface area (Å²) in [7, 11) is -2.16. The van der Waals surface area contributed by atoms with Crippen LogP contribution in [0.3, 0.4) is 0 Å². The number of amides is 1. The number of hydrogen-bond donors (Lipinski definition) is 3. The van der Waals surface area contributed by atoms with Gasteiger partial charge in [0.1, 0.15) is 5.69 Å². The standard InChI is InChI=1S/C12H14N4O3S/c1-13-12(17)11-10(7-14-15-11)16-20(18,19)8-9-5-3-2-4-6-9/h2-7,16H,8H2,1H3,(H,13,17)(H,14,15). The molecule has 20 heavy (non-hydrogen) atoms. The number of benzene rings is 1. The van der Waals surface area contributed by atoms with Gasteiger partial charge in [0.15, 0.2) is 0 Å². The van der Waals surface area contributed by atoms with Gasteiger partial charge in [0.05, 0.1) is 17.6 Å². The van der Waals surface area contributed by atoms with Crippen LogP contribution in [0.2, 0.25) is 0 Å². The maximum Gasteiger partial charge on any atom is 0.271 e. The number of hydrogen-bond acceptors (Lipinski definition) is 4. The zero-order valence-electron chi connectivity index (χ0n) is 10.8. The van der Waals surface area contributed by atoms with Crippen molar-refractivity contribution < 1.29 is 13.2 Å². The summed E-state index contributed by atoms with van der Waals surface area (Å²) >= 11 is 0. The third kappa shape index (κ3) is 3.35. The number of carbonyl (C=O) groups excluding carboxylic acids is 1. The van der Waals surface area contributed by atoms with Gasteiger partial charge in [-0.05, 0) is 5.56 Å². The van der Waals surface area contributed by atoms with Gasteiger partial charge in [0.2, 0.25) is 10.0 Å². The normalized spacial score (nSPS) is 11.1. The third-order valence-electron chi connectivity index (χ3n) is 2.56. The number of anilines is 1. The molecule has 0 aliphatic heterocycles. The molecule has 0 aliphatic carbocycles. The van der Waals surface area contributed by atoms with Crippen molar-refractivity contribution in [1.29, 1.82) is 0 Å². The van der Waals surface area contributed by atoms with E-state index in [0.717, 1.165) is 0 Å². The Morgan fingerprint density at radius 3 is 2.65 bits per heavy atom. The molecule has 0 saturated heterocycles. The van der Waals surface area contributed by atoms with Crippen LogP contribution in [0.5, 0.6) is 0 Å². The fourth-order valence-electron chi connectivity index (χ4n) is 1.66. The van der Waals surface area contributed by atoms with Crippen LogP contribution in [0.25, 0.3) is 0 Å². The lowest BCUT2D eigenvalue weighted by molar-refractivity contribution is 0.0959. The minimum Gasteiger partial charge on any atom is -0.354 e. The van der Waals surface area contributed by atoms with E-state index in [1.807, 2.05) is 6.07 Å². The van der Waals surface area contributed by atoms with Gasteiger partial charge in [-0.1, -0.05) is 30.3 Å². The van der Waals surface area contributed by atoms with Crippen molar-refractivity contribution in [2.75, 3.05) is 11.8 Å². The molecule has 1 amide bonds. The van der Waals surface area contributed by atoms with Gasteiger partial charge in [-0.2, -0.15) is 5.10 Å². The predicted octanol–water partition coefficient (Wildman–Crippen LogP) is 0.711. The summed E-state index contributed by atoms with van der Waals surface area (Å²) in [5.41, 5.74) is 0.856. The molecular weight excluding hydrogens is 280 g/mol. The Bertz CT molecular complexity index is 695. The van der Waals surface area contributed by atoms with Crippen LogP contribution in [0.1, 0.15) is 16.1 Å². The van der Waals surface area contributed by atoms with Gasteiger partial charge >= 0.3 is 0 Å². The van der Waals surface area contributed by atoms with E-state index in [9.17, 15) is 13.2 Å². The highest BCUT2D eigenvalue weighted by Gasteiger charge is 2.18. The van der Waals surface area contributed by atoms with Crippen molar-refractivity contribution in [2.45, 2.75) is 5.75 Å². The van der Waals surface area contributed by atoms with Crippen molar-refractivity contribution >= 4 is 21.6 Å². The second-order valence-electron chi connectivity index (χ2n) is 4.08. The fraction of sp³-hybridized carbons (Fsp3) is 0.167. The average molecular weight is 294 g/mol. The van der Waals surface area contributed by atoms with E-state index >= 15 is 0 Å². The van der Waals surface area contributed by atoms with Crippen molar-refractivity contribution in [1.82, 2.24) is 15.5 Å². The summed E-state index contributed by atoms with van der Waals surface area (Å²) in [4.78, 5) is 11.5. The molecule has 0 spiro atoms. The Morgan fingerprint density at radius 1 is 1.30 bits per heavy atom. The van der Waals surface area contributed by atoms with Crippen LogP contribution in [0, 0.1) is 0 Å². The Hall–Kier alpha value is -2.35. The minimum atomic E-state index is -3.61. The maximum absolute atomic E-state index is 12.0. The molecule has 0 saturated carbocycles. The fourth-order valence-corrected chi connectivity index (χ4v) is 2.85. The first-order valence-electron chi connectivity index (χ1n) is 5.81. The molecule has 0 atom stereocenters. The van der Waals surface area contributed by atoms with E-state index < -0.39 is 15.9 Å². The molecule has 1 aromatic carbocycles. The Kier molecular flexibility index (Phi) is 4.04. The van der Waals surface area contributed by atoms with E-state index in [0.29, 0.717) is 5.56 Å². The average Bonchev–Trinajstić information content (AvgIpc) is 2.85. The number of H-pyrrole nitrogens is 1. The highest BCUT2D eigenvalue weighted by Crippen LogP contribution is 2.15.